The van der Waals surface area contributed by atoms with Crippen LogP contribution >= 0.6 is 0 Å². The van der Waals surface area contributed by atoms with E-state index in [1.165, 1.54) is 5.56 Å². The molecule has 5 heteroatoms. The number of hydrogen-bond acceptors (Lipinski definition) is 3. The standard InChI is InChI=1S/C15H17N3O2/c19-15(16-6-8-18-7-1-5-17-18)11-12-2-3-14-13(10-12)4-9-20-14/h1-3,5,7,10H,4,6,8-9,11H2,(H,16,19). The highest BCUT2D eigenvalue weighted by Gasteiger charge is 2.13. The van der Waals surface area contributed by atoms with Crippen molar-refractivity contribution in [1.82, 2.24) is 15.1 Å². The summed E-state index contributed by atoms with van der Waals surface area (Å²) >= 11 is 0. The Morgan fingerprint density at radius 1 is 1.45 bits per heavy atom. The fourth-order valence-corrected chi connectivity index (χ4v) is 2.34. The van der Waals surface area contributed by atoms with Crippen molar-refractivity contribution in [2.45, 2.75) is 19.4 Å². The molecule has 0 atom stereocenters. The van der Waals surface area contributed by atoms with Crippen molar-refractivity contribution in [2.24, 2.45) is 0 Å². The molecule has 5 nitrogen and oxygen atoms in total. The minimum absolute atomic E-state index is 0.0380. The molecule has 0 bridgehead atoms. The van der Waals surface area contributed by atoms with Crippen LogP contribution in [-0.2, 0) is 24.2 Å². The van der Waals surface area contributed by atoms with Gasteiger partial charge in [-0.3, -0.25) is 9.48 Å². The van der Waals surface area contributed by atoms with Gasteiger partial charge in [0.05, 0.1) is 19.6 Å². The highest BCUT2D eigenvalue weighted by molar-refractivity contribution is 5.78. The molecular formula is C15H17N3O2. The van der Waals surface area contributed by atoms with Gasteiger partial charge in [-0.05, 0) is 23.3 Å². The molecule has 1 aromatic heterocycles. The average Bonchev–Trinajstić information content (AvgIpc) is 3.08. The molecule has 1 aromatic carbocycles. The molecule has 0 spiro atoms. The third-order valence-corrected chi connectivity index (χ3v) is 3.34. The largest absolute Gasteiger partial charge is 0.493 e. The number of nitrogens with zero attached hydrogens (tertiary/aromatic N) is 2. The van der Waals surface area contributed by atoms with Crippen LogP contribution in [0.5, 0.6) is 5.75 Å². The second-order valence-electron chi connectivity index (χ2n) is 4.84. The molecule has 104 valence electrons. The Morgan fingerprint density at radius 3 is 3.25 bits per heavy atom. The van der Waals surface area contributed by atoms with Crippen LogP contribution in [0.2, 0.25) is 0 Å². The molecule has 2 aromatic rings. The molecule has 0 saturated heterocycles. The average molecular weight is 271 g/mol. The van der Waals surface area contributed by atoms with Crippen molar-refractivity contribution in [1.29, 1.82) is 0 Å². The zero-order chi connectivity index (χ0) is 13.8. The van der Waals surface area contributed by atoms with E-state index in [0.717, 1.165) is 24.3 Å². The molecule has 20 heavy (non-hydrogen) atoms. The molecule has 0 radical (unpaired) electrons. The molecule has 1 N–H and O–H groups in total. The third-order valence-electron chi connectivity index (χ3n) is 3.34. The Bertz CT molecular complexity index is 593. The summed E-state index contributed by atoms with van der Waals surface area (Å²) in [5, 5.41) is 6.99. The minimum Gasteiger partial charge on any atom is -0.493 e. The van der Waals surface area contributed by atoms with Gasteiger partial charge >= 0.3 is 0 Å². The topological polar surface area (TPSA) is 56.1 Å². The maximum Gasteiger partial charge on any atom is 0.224 e. The molecule has 0 unspecified atom stereocenters. The van der Waals surface area contributed by atoms with E-state index in [0.29, 0.717) is 19.5 Å². The van der Waals surface area contributed by atoms with Gasteiger partial charge < -0.3 is 10.1 Å². The lowest BCUT2D eigenvalue weighted by Gasteiger charge is -2.06. The molecule has 1 aliphatic rings. The summed E-state index contributed by atoms with van der Waals surface area (Å²) < 4.78 is 7.25. The molecule has 0 saturated carbocycles. The number of fused-ring (bicyclic) bond motifs is 1. The zero-order valence-electron chi connectivity index (χ0n) is 11.2. The van der Waals surface area contributed by atoms with Crippen molar-refractivity contribution in [3.63, 3.8) is 0 Å². The number of carbonyl (C=O) groups excluding carboxylic acids is 1. The lowest BCUT2D eigenvalue weighted by molar-refractivity contribution is -0.120. The molecular weight excluding hydrogens is 254 g/mol. The first-order valence-electron chi connectivity index (χ1n) is 6.80. The van der Waals surface area contributed by atoms with Gasteiger partial charge in [0.15, 0.2) is 0 Å². The maximum absolute atomic E-state index is 11.9. The molecule has 0 fully saturated rings. The van der Waals surface area contributed by atoms with E-state index in [4.69, 9.17) is 4.74 Å². The zero-order valence-corrected chi connectivity index (χ0v) is 11.2. The van der Waals surface area contributed by atoms with E-state index >= 15 is 0 Å². The minimum atomic E-state index is 0.0380. The highest BCUT2D eigenvalue weighted by Crippen LogP contribution is 2.25. The summed E-state index contributed by atoms with van der Waals surface area (Å²) in [5.74, 6) is 0.990. The van der Waals surface area contributed by atoms with Crippen molar-refractivity contribution >= 4 is 5.91 Å². The quantitative estimate of drug-likeness (QED) is 0.888. The number of amides is 1. The Morgan fingerprint density at radius 2 is 2.40 bits per heavy atom. The predicted octanol–water partition coefficient (Wildman–Crippen LogP) is 1.18. The van der Waals surface area contributed by atoms with Gasteiger partial charge in [-0.2, -0.15) is 5.10 Å². The predicted molar refractivity (Wildman–Crippen MR) is 74.6 cm³/mol. The van der Waals surface area contributed by atoms with Crippen molar-refractivity contribution in [3.8, 4) is 5.75 Å². The van der Waals surface area contributed by atoms with Gasteiger partial charge in [0, 0.05) is 25.4 Å². The fourth-order valence-electron chi connectivity index (χ4n) is 2.34. The molecule has 1 amide bonds. The van der Waals surface area contributed by atoms with Crippen LogP contribution in [-0.4, -0.2) is 28.8 Å². The highest BCUT2D eigenvalue weighted by atomic mass is 16.5. The second kappa shape index (κ2) is 5.77. The lowest BCUT2D eigenvalue weighted by atomic mass is 10.1. The van der Waals surface area contributed by atoms with Crippen LogP contribution in [0.15, 0.2) is 36.7 Å². The molecule has 1 aliphatic heterocycles. The van der Waals surface area contributed by atoms with Gasteiger partial charge in [0.2, 0.25) is 5.91 Å². The Balaban J connectivity index is 1.49. The van der Waals surface area contributed by atoms with Crippen LogP contribution in [0, 0.1) is 0 Å². The Labute approximate surface area is 117 Å². The first-order valence-corrected chi connectivity index (χ1v) is 6.80. The van der Waals surface area contributed by atoms with Gasteiger partial charge in [-0.1, -0.05) is 12.1 Å². The first kappa shape index (κ1) is 12.7. The number of nitrogens with one attached hydrogen (secondary N) is 1. The summed E-state index contributed by atoms with van der Waals surface area (Å²) in [4.78, 5) is 11.9. The second-order valence-corrected chi connectivity index (χ2v) is 4.84. The molecule has 0 aliphatic carbocycles. The number of carbonyl (C=O) groups is 1. The van der Waals surface area contributed by atoms with Crippen LogP contribution in [0.3, 0.4) is 0 Å². The van der Waals surface area contributed by atoms with Crippen molar-refractivity contribution in [3.05, 3.63) is 47.8 Å². The smallest absolute Gasteiger partial charge is 0.224 e. The summed E-state index contributed by atoms with van der Waals surface area (Å²) in [5.41, 5.74) is 2.23. The lowest BCUT2D eigenvalue weighted by Crippen LogP contribution is -2.28. The van der Waals surface area contributed by atoms with E-state index in [9.17, 15) is 4.79 Å². The normalized spacial score (nSPS) is 12.8. The third kappa shape index (κ3) is 2.99. The monoisotopic (exact) mass is 271 g/mol. The summed E-state index contributed by atoms with van der Waals surface area (Å²) in [6.45, 7) is 2.03. The number of rotatable bonds is 5. The number of aromatic nitrogens is 2. The number of ether oxygens (including phenoxy) is 1. The fraction of sp³-hybridized carbons (Fsp3) is 0.333. The first-order chi connectivity index (χ1) is 9.81. The Kier molecular flexibility index (Phi) is 3.67. The summed E-state index contributed by atoms with van der Waals surface area (Å²) in [6, 6.07) is 7.84. The van der Waals surface area contributed by atoms with E-state index < -0.39 is 0 Å². The summed E-state index contributed by atoms with van der Waals surface area (Å²) in [7, 11) is 0. The van der Waals surface area contributed by atoms with E-state index in [1.807, 2.05) is 24.4 Å². The van der Waals surface area contributed by atoms with Crippen molar-refractivity contribution in [2.75, 3.05) is 13.2 Å². The van der Waals surface area contributed by atoms with Gasteiger partial charge in [-0.25, -0.2) is 0 Å². The molecule has 2 heterocycles. The van der Waals surface area contributed by atoms with Gasteiger partial charge in [0.25, 0.3) is 0 Å². The molecule has 3 rings (SSSR count). The van der Waals surface area contributed by atoms with E-state index in [1.54, 1.807) is 10.9 Å². The van der Waals surface area contributed by atoms with Crippen LogP contribution in [0.4, 0.5) is 0 Å². The van der Waals surface area contributed by atoms with Crippen molar-refractivity contribution < 1.29 is 9.53 Å². The van der Waals surface area contributed by atoms with E-state index in [-0.39, 0.29) is 5.91 Å². The van der Waals surface area contributed by atoms with Gasteiger partial charge in [0.1, 0.15) is 5.75 Å². The summed E-state index contributed by atoms with van der Waals surface area (Å²) in [6.07, 6.45) is 4.96. The Hall–Kier alpha value is -2.30. The van der Waals surface area contributed by atoms with Crippen LogP contribution < -0.4 is 10.1 Å². The maximum atomic E-state index is 11.9. The van der Waals surface area contributed by atoms with Gasteiger partial charge in [-0.15, -0.1) is 0 Å². The van der Waals surface area contributed by atoms with E-state index in [2.05, 4.69) is 16.5 Å². The SMILES string of the molecule is O=C(Cc1ccc2c(c1)CCO2)NCCn1cccn1. The number of hydrogen-bond donors (Lipinski definition) is 1. The van der Waals surface area contributed by atoms with Crippen LogP contribution in [0.25, 0.3) is 0 Å². The number of benzene rings is 1. The van der Waals surface area contributed by atoms with Crippen LogP contribution in [0.1, 0.15) is 11.1 Å².